The molecule has 3 rings (SSSR count). The minimum atomic E-state index is -1.56. The summed E-state index contributed by atoms with van der Waals surface area (Å²) in [4.78, 5) is 23.6. The van der Waals surface area contributed by atoms with Crippen molar-refractivity contribution in [3.05, 3.63) is 11.3 Å². The number of Topliss-reactive ketones (excluding diaryl/α,β-unsaturated/α-hetero) is 1. The Morgan fingerprint density at radius 3 is 2.40 bits per heavy atom. The van der Waals surface area contributed by atoms with Crippen LogP contribution in [-0.2, 0) is 9.59 Å². The standard InChI is InChI=1S/C15H20O5/c1-7-10(16)11(17)15(20)5-8-4-13(2,12(18)19)6-9(8)14(7,15)3/h8-9,16,20H,4-6H2,1-3H3,(H,18,19)/t8-,9-,13+,14+,15-/m1/s1. The lowest BCUT2D eigenvalue weighted by Gasteiger charge is -2.38. The van der Waals surface area contributed by atoms with Crippen molar-refractivity contribution < 1.29 is 24.9 Å². The number of carbonyl (C=O) groups excluding carboxylic acids is 1. The summed E-state index contributed by atoms with van der Waals surface area (Å²) in [5.41, 5.74) is -2.70. The molecule has 3 aliphatic carbocycles. The van der Waals surface area contributed by atoms with E-state index in [1.165, 1.54) is 0 Å². The first-order valence-corrected chi connectivity index (χ1v) is 6.99. The maximum Gasteiger partial charge on any atom is 0.309 e. The van der Waals surface area contributed by atoms with E-state index in [0.29, 0.717) is 18.4 Å². The highest BCUT2D eigenvalue weighted by Gasteiger charge is 2.72. The number of ketones is 1. The summed E-state index contributed by atoms with van der Waals surface area (Å²) >= 11 is 0. The van der Waals surface area contributed by atoms with E-state index in [4.69, 9.17) is 0 Å². The van der Waals surface area contributed by atoms with Gasteiger partial charge in [-0.3, -0.25) is 9.59 Å². The van der Waals surface area contributed by atoms with E-state index in [1.54, 1.807) is 20.8 Å². The molecule has 0 amide bonds. The molecule has 20 heavy (non-hydrogen) atoms. The van der Waals surface area contributed by atoms with Gasteiger partial charge in [-0.15, -0.1) is 0 Å². The zero-order valence-corrected chi connectivity index (χ0v) is 11.9. The molecule has 2 fully saturated rings. The van der Waals surface area contributed by atoms with Gasteiger partial charge in [0.05, 0.1) is 5.41 Å². The van der Waals surface area contributed by atoms with Gasteiger partial charge in [-0.2, -0.15) is 0 Å². The summed E-state index contributed by atoms with van der Waals surface area (Å²) in [7, 11) is 0. The normalized spacial score (nSPS) is 50.5. The number of fused-ring (bicyclic) bond motifs is 3. The topological polar surface area (TPSA) is 94.8 Å². The zero-order chi connectivity index (χ0) is 15.1. The van der Waals surface area contributed by atoms with Crippen LogP contribution >= 0.6 is 0 Å². The first-order chi connectivity index (χ1) is 9.08. The van der Waals surface area contributed by atoms with Crippen molar-refractivity contribution in [3.63, 3.8) is 0 Å². The fraction of sp³-hybridized carbons (Fsp3) is 0.733. The van der Waals surface area contributed by atoms with Crippen LogP contribution in [0.1, 0.15) is 40.0 Å². The molecule has 0 aromatic carbocycles. The molecule has 5 nitrogen and oxygen atoms in total. The summed E-state index contributed by atoms with van der Waals surface area (Å²) in [6, 6.07) is 0. The highest BCUT2D eigenvalue weighted by molar-refractivity contribution is 6.05. The minimum absolute atomic E-state index is 0.0121. The zero-order valence-electron chi connectivity index (χ0n) is 11.9. The Labute approximate surface area is 117 Å². The smallest absolute Gasteiger partial charge is 0.309 e. The number of carboxylic acids is 1. The van der Waals surface area contributed by atoms with E-state index < -0.39 is 28.2 Å². The third-order valence-electron chi connectivity index (χ3n) is 6.35. The number of aliphatic hydroxyl groups is 2. The number of rotatable bonds is 1. The molecular weight excluding hydrogens is 260 g/mol. The third-order valence-corrected chi connectivity index (χ3v) is 6.35. The lowest BCUT2D eigenvalue weighted by Crippen LogP contribution is -2.48. The molecular formula is C15H20O5. The third kappa shape index (κ3) is 1.18. The van der Waals surface area contributed by atoms with Gasteiger partial charge in [0, 0.05) is 5.41 Å². The molecule has 3 N–H and O–H groups in total. The molecule has 0 aromatic rings. The minimum Gasteiger partial charge on any atom is -0.504 e. The van der Waals surface area contributed by atoms with E-state index in [0.717, 1.165) is 0 Å². The molecule has 0 unspecified atom stereocenters. The first-order valence-electron chi connectivity index (χ1n) is 6.99. The van der Waals surface area contributed by atoms with Crippen LogP contribution in [0.3, 0.4) is 0 Å². The van der Waals surface area contributed by atoms with Crippen molar-refractivity contribution >= 4 is 11.8 Å². The van der Waals surface area contributed by atoms with Gasteiger partial charge in [0.15, 0.2) is 5.76 Å². The molecule has 0 bridgehead atoms. The number of hydrogen-bond donors (Lipinski definition) is 3. The highest BCUT2D eigenvalue weighted by atomic mass is 16.4. The van der Waals surface area contributed by atoms with E-state index in [1.807, 2.05) is 0 Å². The molecule has 3 aliphatic rings. The Hall–Kier alpha value is -1.36. The lowest BCUT2D eigenvalue weighted by molar-refractivity contribution is -0.149. The van der Waals surface area contributed by atoms with Gasteiger partial charge in [-0.1, -0.05) is 6.92 Å². The average Bonchev–Trinajstić information content (AvgIpc) is 2.85. The lowest BCUT2D eigenvalue weighted by atomic mass is 9.67. The predicted molar refractivity (Wildman–Crippen MR) is 70.0 cm³/mol. The molecule has 0 saturated heterocycles. The molecule has 0 aromatic heterocycles. The molecule has 5 heteroatoms. The van der Waals surface area contributed by atoms with Crippen molar-refractivity contribution in [2.24, 2.45) is 22.7 Å². The Balaban J connectivity index is 2.08. The number of aliphatic hydroxyl groups excluding tert-OH is 1. The van der Waals surface area contributed by atoms with Crippen molar-refractivity contribution in [2.75, 3.05) is 0 Å². The molecule has 2 saturated carbocycles. The highest BCUT2D eigenvalue weighted by Crippen LogP contribution is 2.69. The monoisotopic (exact) mass is 280 g/mol. The molecule has 0 radical (unpaired) electrons. The number of carboxylic acid groups (broad SMARTS) is 1. The van der Waals surface area contributed by atoms with Crippen LogP contribution in [0.4, 0.5) is 0 Å². The van der Waals surface area contributed by atoms with Crippen LogP contribution in [0, 0.1) is 22.7 Å². The quantitative estimate of drug-likeness (QED) is 0.679. The summed E-state index contributed by atoms with van der Waals surface area (Å²) < 4.78 is 0. The van der Waals surface area contributed by atoms with Crippen LogP contribution in [0.15, 0.2) is 11.3 Å². The van der Waals surface area contributed by atoms with E-state index in [-0.39, 0.29) is 24.0 Å². The largest absolute Gasteiger partial charge is 0.504 e. The molecule has 0 aliphatic heterocycles. The Bertz CT molecular complexity index is 565. The summed E-state index contributed by atoms with van der Waals surface area (Å²) in [5.74, 6) is -1.82. The fourth-order valence-corrected chi connectivity index (χ4v) is 4.95. The molecule has 5 atom stereocenters. The maximum atomic E-state index is 12.2. The van der Waals surface area contributed by atoms with Gasteiger partial charge >= 0.3 is 5.97 Å². The molecule has 110 valence electrons. The van der Waals surface area contributed by atoms with Gasteiger partial charge in [0.25, 0.3) is 0 Å². The number of carbonyl (C=O) groups is 2. The first kappa shape index (κ1) is 13.6. The fourth-order valence-electron chi connectivity index (χ4n) is 4.95. The van der Waals surface area contributed by atoms with Gasteiger partial charge in [0.1, 0.15) is 5.60 Å². The van der Waals surface area contributed by atoms with E-state index in [2.05, 4.69) is 0 Å². The van der Waals surface area contributed by atoms with Crippen LogP contribution < -0.4 is 0 Å². The Morgan fingerprint density at radius 2 is 1.85 bits per heavy atom. The average molecular weight is 280 g/mol. The summed E-state index contributed by atoms with van der Waals surface area (Å²) in [6.45, 7) is 5.19. The van der Waals surface area contributed by atoms with Crippen molar-refractivity contribution in [1.29, 1.82) is 0 Å². The second-order valence-corrected chi connectivity index (χ2v) is 7.21. The molecule has 0 heterocycles. The Kier molecular flexibility index (Phi) is 2.35. The van der Waals surface area contributed by atoms with Crippen LogP contribution in [0.25, 0.3) is 0 Å². The van der Waals surface area contributed by atoms with Gasteiger partial charge in [-0.25, -0.2) is 0 Å². The van der Waals surface area contributed by atoms with Gasteiger partial charge in [-0.05, 0) is 50.5 Å². The molecule has 0 spiro atoms. The van der Waals surface area contributed by atoms with Crippen LogP contribution in [0.5, 0.6) is 0 Å². The second kappa shape index (κ2) is 3.45. The van der Waals surface area contributed by atoms with E-state index in [9.17, 15) is 24.9 Å². The SMILES string of the molecule is CC1=C(O)C(=O)[C@]2(O)C[C@H]3C[C@](C)(C(=O)O)C[C@H]3[C@]12C. The second-order valence-electron chi connectivity index (χ2n) is 7.21. The van der Waals surface area contributed by atoms with Crippen LogP contribution in [-0.4, -0.2) is 32.7 Å². The Morgan fingerprint density at radius 1 is 1.25 bits per heavy atom. The van der Waals surface area contributed by atoms with Gasteiger partial charge in [0.2, 0.25) is 5.78 Å². The summed E-state index contributed by atoms with van der Waals surface area (Å²) in [5, 5.41) is 30.1. The van der Waals surface area contributed by atoms with Crippen molar-refractivity contribution in [2.45, 2.75) is 45.6 Å². The van der Waals surface area contributed by atoms with Gasteiger partial charge < -0.3 is 15.3 Å². The maximum absolute atomic E-state index is 12.2. The number of hydrogen-bond acceptors (Lipinski definition) is 4. The van der Waals surface area contributed by atoms with Crippen molar-refractivity contribution in [3.8, 4) is 0 Å². The van der Waals surface area contributed by atoms with Crippen LogP contribution in [0.2, 0.25) is 0 Å². The predicted octanol–water partition coefficient (Wildman–Crippen LogP) is 1.66. The number of aliphatic carboxylic acids is 1. The van der Waals surface area contributed by atoms with Crippen molar-refractivity contribution in [1.82, 2.24) is 0 Å². The van der Waals surface area contributed by atoms with E-state index >= 15 is 0 Å². The summed E-state index contributed by atoms with van der Waals surface area (Å²) in [6.07, 6.45) is 1.16.